The summed E-state index contributed by atoms with van der Waals surface area (Å²) in [5.74, 6) is -1.53. The van der Waals surface area contributed by atoms with Gasteiger partial charge < -0.3 is 14.5 Å². The number of amides is 2. The van der Waals surface area contributed by atoms with Crippen LogP contribution in [0.4, 0.5) is 31.1 Å². The molecule has 1 fully saturated rings. The summed E-state index contributed by atoms with van der Waals surface area (Å²) in [6.07, 6.45) is -10.2. The van der Waals surface area contributed by atoms with Gasteiger partial charge in [0, 0.05) is 38.5 Å². The summed E-state index contributed by atoms with van der Waals surface area (Å²) < 4.78 is 85.1. The Hall–Kier alpha value is -3.24. The molecule has 0 radical (unpaired) electrons. The summed E-state index contributed by atoms with van der Waals surface area (Å²) in [5.41, 5.74) is -3.09. The minimum Gasteiger partial charge on any atom is -0.444 e. The van der Waals surface area contributed by atoms with E-state index in [0.717, 1.165) is 10.5 Å². The number of ether oxygens (including phenoxy) is 1. The molecule has 5 nitrogen and oxygen atoms in total. The van der Waals surface area contributed by atoms with Crippen LogP contribution in [0.3, 0.4) is 0 Å². The van der Waals surface area contributed by atoms with Crippen molar-refractivity contribution in [1.82, 2.24) is 9.80 Å². The Kier molecular flexibility index (Phi) is 8.38. The number of nitrogens with zero attached hydrogens (tertiary/aromatic N) is 2. The molecule has 0 unspecified atom stereocenters. The summed E-state index contributed by atoms with van der Waals surface area (Å²) in [7, 11) is 1.35. The van der Waals surface area contributed by atoms with Gasteiger partial charge in [0.05, 0.1) is 11.1 Å². The molecule has 0 aliphatic carbocycles. The first-order valence-corrected chi connectivity index (χ1v) is 12.0. The molecule has 11 heteroatoms. The fraction of sp³-hybridized carbons (Fsp3) is 0.481. The van der Waals surface area contributed by atoms with E-state index in [1.807, 2.05) is 12.1 Å². The maximum Gasteiger partial charge on any atom is 0.416 e. The summed E-state index contributed by atoms with van der Waals surface area (Å²) in [6, 6.07) is 10.3. The van der Waals surface area contributed by atoms with Crippen molar-refractivity contribution in [3.8, 4) is 0 Å². The third-order valence-electron chi connectivity index (χ3n) is 6.25. The molecule has 3 rings (SSSR count). The van der Waals surface area contributed by atoms with Gasteiger partial charge >= 0.3 is 18.4 Å². The minimum absolute atomic E-state index is 0.0587. The van der Waals surface area contributed by atoms with Crippen LogP contribution >= 0.6 is 0 Å². The fourth-order valence-electron chi connectivity index (χ4n) is 4.52. The van der Waals surface area contributed by atoms with Crippen LogP contribution in [-0.4, -0.2) is 47.5 Å². The van der Waals surface area contributed by atoms with Gasteiger partial charge in [0.25, 0.3) is 0 Å². The van der Waals surface area contributed by atoms with Crippen LogP contribution in [0, 0.1) is 5.92 Å². The first-order valence-electron chi connectivity index (χ1n) is 12.0. The number of halogens is 6. The molecule has 2 atom stereocenters. The SMILES string of the molecule is CN(Cc1cc(C(F)(F)F)cc(C(F)(F)F)c1)C(=O)[C@H]1CCN(C(=O)OC(C)(C)C)C[C@H]1c1ccccc1. The van der Waals surface area contributed by atoms with Crippen LogP contribution in [0.1, 0.15) is 55.4 Å². The Balaban J connectivity index is 1.86. The Morgan fingerprint density at radius 2 is 1.50 bits per heavy atom. The second-order valence-electron chi connectivity index (χ2n) is 10.4. The number of alkyl halides is 6. The molecule has 0 bridgehead atoms. The van der Waals surface area contributed by atoms with Crippen LogP contribution in [0.2, 0.25) is 0 Å². The highest BCUT2D eigenvalue weighted by Crippen LogP contribution is 2.38. The lowest BCUT2D eigenvalue weighted by atomic mass is 9.80. The van der Waals surface area contributed by atoms with Crippen molar-refractivity contribution in [2.45, 2.75) is 57.6 Å². The number of hydrogen-bond acceptors (Lipinski definition) is 3. The molecule has 2 aromatic rings. The van der Waals surface area contributed by atoms with Gasteiger partial charge in [-0.05, 0) is 56.5 Å². The number of hydrogen-bond donors (Lipinski definition) is 0. The van der Waals surface area contributed by atoms with E-state index in [0.29, 0.717) is 12.1 Å². The van der Waals surface area contributed by atoms with Gasteiger partial charge in [-0.2, -0.15) is 26.3 Å². The molecule has 1 aliphatic rings. The zero-order chi connectivity index (χ0) is 28.5. The number of rotatable bonds is 4. The zero-order valence-corrected chi connectivity index (χ0v) is 21.5. The summed E-state index contributed by atoms with van der Waals surface area (Å²) in [4.78, 5) is 28.8. The molecule has 38 heavy (non-hydrogen) atoms. The topological polar surface area (TPSA) is 49.9 Å². The van der Waals surface area contributed by atoms with Crippen molar-refractivity contribution in [3.63, 3.8) is 0 Å². The van der Waals surface area contributed by atoms with E-state index >= 15 is 0 Å². The fourth-order valence-corrected chi connectivity index (χ4v) is 4.52. The maximum absolute atomic E-state index is 13.5. The maximum atomic E-state index is 13.5. The van der Waals surface area contributed by atoms with E-state index in [2.05, 4.69) is 0 Å². The van der Waals surface area contributed by atoms with E-state index in [1.54, 1.807) is 39.0 Å². The van der Waals surface area contributed by atoms with Gasteiger partial charge in [-0.3, -0.25) is 4.79 Å². The van der Waals surface area contributed by atoms with E-state index < -0.39 is 59.5 Å². The second kappa shape index (κ2) is 10.9. The molecule has 0 saturated carbocycles. The Morgan fingerprint density at radius 3 is 2.00 bits per heavy atom. The van der Waals surface area contributed by atoms with Gasteiger partial charge in [-0.15, -0.1) is 0 Å². The monoisotopic (exact) mass is 544 g/mol. The largest absolute Gasteiger partial charge is 0.444 e. The Bertz CT molecular complexity index is 1110. The van der Waals surface area contributed by atoms with Gasteiger partial charge in [0.1, 0.15) is 5.60 Å². The molecule has 0 aromatic heterocycles. The minimum atomic E-state index is -4.98. The first kappa shape index (κ1) is 29.3. The Morgan fingerprint density at radius 1 is 0.947 bits per heavy atom. The predicted molar refractivity (Wildman–Crippen MR) is 128 cm³/mol. The summed E-state index contributed by atoms with van der Waals surface area (Å²) in [6.45, 7) is 5.16. The number of carbonyl (C=O) groups is 2. The van der Waals surface area contributed by atoms with Crippen molar-refractivity contribution < 1.29 is 40.7 Å². The second-order valence-corrected chi connectivity index (χ2v) is 10.4. The van der Waals surface area contributed by atoms with Crippen molar-refractivity contribution in [2.24, 2.45) is 5.92 Å². The molecule has 1 saturated heterocycles. The lowest BCUT2D eigenvalue weighted by Crippen LogP contribution is -2.48. The average molecular weight is 545 g/mol. The zero-order valence-electron chi connectivity index (χ0n) is 21.5. The Labute approximate surface area is 217 Å². The molecule has 2 aromatic carbocycles. The van der Waals surface area contributed by atoms with Gasteiger partial charge in [0.15, 0.2) is 0 Å². The van der Waals surface area contributed by atoms with Crippen molar-refractivity contribution in [3.05, 3.63) is 70.8 Å². The van der Waals surface area contributed by atoms with Crippen LogP contribution in [0.25, 0.3) is 0 Å². The number of piperidine rings is 1. The smallest absolute Gasteiger partial charge is 0.416 e. The number of carbonyl (C=O) groups excluding carboxylic acids is 2. The summed E-state index contributed by atoms with van der Waals surface area (Å²) >= 11 is 0. The van der Waals surface area contributed by atoms with Crippen LogP contribution in [0.5, 0.6) is 0 Å². The lowest BCUT2D eigenvalue weighted by Gasteiger charge is -2.40. The predicted octanol–water partition coefficient (Wildman–Crippen LogP) is 6.72. The highest BCUT2D eigenvalue weighted by Gasteiger charge is 2.40. The normalized spacial score (nSPS) is 18.7. The van der Waals surface area contributed by atoms with Gasteiger partial charge in [-0.25, -0.2) is 4.79 Å². The highest BCUT2D eigenvalue weighted by molar-refractivity contribution is 5.80. The molecule has 0 spiro atoms. The van der Waals surface area contributed by atoms with Gasteiger partial charge in [0.2, 0.25) is 5.91 Å². The number of benzene rings is 2. The van der Waals surface area contributed by atoms with E-state index in [9.17, 15) is 35.9 Å². The van der Waals surface area contributed by atoms with Crippen molar-refractivity contribution in [1.29, 1.82) is 0 Å². The van der Waals surface area contributed by atoms with Crippen molar-refractivity contribution >= 4 is 12.0 Å². The van der Waals surface area contributed by atoms with Gasteiger partial charge in [-0.1, -0.05) is 30.3 Å². The van der Waals surface area contributed by atoms with Crippen LogP contribution in [-0.2, 0) is 28.4 Å². The molecular weight excluding hydrogens is 514 g/mol. The van der Waals surface area contributed by atoms with Crippen LogP contribution < -0.4 is 0 Å². The number of likely N-dealkylation sites (tertiary alicyclic amines) is 1. The molecule has 0 N–H and O–H groups in total. The van der Waals surface area contributed by atoms with Crippen LogP contribution in [0.15, 0.2) is 48.5 Å². The first-order chi connectivity index (χ1) is 17.5. The average Bonchev–Trinajstić information content (AvgIpc) is 2.81. The highest BCUT2D eigenvalue weighted by atomic mass is 19.4. The van der Waals surface area contributed by atoms with E-state index in [4.69, 9.17) is 4.74 Å². The summed E-state index contributed by atoms with van der Waals surface area (Å²) in [5, 5.41) is 0. The molecular formula is C27H30F6N2O3. The van der Waals surface area contributed by atoms with E-state index in [1.165, 1.54) is 11.9 Å². The molecule has 208 valence electrons. The third-order valence-corrected chi connectivity index (χ3v) is 6.25. The van der Waals surface area contributed by atoms with Crippen molar-refractivity contribution in [2.75, 3.05) is 20.1 Å². The quantitative estimate of drug-likeness (QED) is 0.402. The molecule has 1 aliphatic heterocycles. The molecule has 1 heterocycles. The molecule has 2 amide bonds. The third kappa shape index (κ3) is 7.41. The lowest BCUT2D eigenvalue weighted by molar-refractivity contribution is -0.143. The standard InChI is InChI=1S/C27H30F6N2O3/c1-25(2,3)38-24(37)35-11-10-21(22(16-35)18-8-6-5-7-9-18)23(36)34(4)15-17-12-19(26(28,29)30)14-20(13-17)27(31,32)33/h5-9,12-14,21-22H,10-11,15-16H2,1-4H3/t21-,22-/m0/s1. The van der Waals surface area contributed by atoms with E-state index in [-0.39, 0.29) is 31.1 Å².